The molecule has 1 aromatic rings. The second-order valence-electron chi connectivity index (χ2n) is 6.61. The van der Waals surface area contributed by atoms with E-state index in [9.17, 15) is 14.0 Å². The zero-order valence-electron chi connectivity index (χ0n) is 14.7. The molecule has 1 aromatic carbocycles. The largest absolute Gasteiger partial charge is 0.496 e. The lowest BCUT2D eigenvalue weighted by Gasteiger charge is -2.36. The van der Waals surface area contributed by atoms with Crippen molar-refractivity contribution in [3.8, 4) is 5.75 Å². The highest BCUT2D eigenvalue weighted by Crippen LogP contribution is 2.35. The van der Waals surface area contributed by atoms with Crippen LogP contribution in [0.15, 0.2) is 12.1 Å². The Morgan fingerprint density at radius 2 is 1.83 bits per heavy atom. The summed E-state index contributed by atoms with van der Waals surface area (Å²) in [5.41, 5.74) is -1.50. The van der Waals surface area contributed by atoms with Crippen LogP contribution in [0.1, 0.15) is 38.8 Å². The Hall–Kier alpha value is -2.11. The van der Waals surface area contributed by atoms with E-state index in [1.807, 2.05) is 0 Å². The maximum Gasteiger partial charge on any atom is 0.411 e. The summed E-state index contributed by atoms with van der Waals surface area (Å²) in [5, 5.41) is 0. The third-order valence-electron chi connectivity index (χ3n) is 3.62. The number of rotatable bonds is 4. The average Bonchev–Trinajstić information content (AvgIpc) is 2.46. The Balaban J connectivity index is 3.37. The quantitative estimate of drug-likeness (QED) is 0.796. The van der Waals surface area contributed by atoms with E-state index in [2.05, 4.69) is 0 Å². The van der Waals surface area contributed by atoms with Gasteiger partial charge >= 0.3 is 6.09 Å². The van der Waals surface area contributed by atoms with Gasteiger partial charge in [-0.25, -0.2) is 9.18 Å². The SMILES string of the molecule is COc1cc(C)c(F)cc1C(C)(C=O)N(C)C(=O)OC(C)(C)C. The molecule has 0 aliphatic heterocycles. The zero-order chi connectivity index (χ0) is 18.0. The molecule has 0 spiro atoms. The number of ether oxygens (including phenoxy) is 2. The van der Waals surface area contributed by atoms with Gasteiger partial charge < -0.3 is 14.3 Å². The van der Waals surface area contributed by atoms with Gasteiger partial charge in [-0.05, 0) is 52.3 Å². The number of carbonyl (C=O) groups is 2. The van der Waals surface area contributed by atoms with E-state index < -0.39 is 23.1 Å². The highest BCUT2D eigenvalue weighted by atomic mass is 19.1. The van der Waals surface area contributed by atoms with Gasteiger partial charge in [0.1, 0.15) is 29.0 Å². The number of nitrogens with zero attached hydrogens (tertiary/aromatic N) is 1. The molecule has 0 bridgehead atoms. The predicted molar refractivity (Wildman–Crippen MR) is 85.1 cm³/mol. The van der Waals surface area contributed by atoms with Gasteiger partial charge in [0.15, 0.2) is 0 Å². The molecule has 23 heavy (non-hydrogen) atoms. The van der Waals surface area contributed by atoms with E-state index >= 15 is 0 Å². The number of hydrogen-bond acceptors (Lipinski definition) is 4. The number of carbonyl (C=O) groups excluding carboxylic acids is 2. The number of benzene rings is 1. The predicted octanol–water partition coefficient (Wildman–Crippen LogP) is 3.42. The van der Waals surface area contributed by atoms with Gasteiger partial charge in [-0.2, -0.15) is 0 Å². The molecule has 0 saturated heterocycles. The smallest absolute Gasteiger partial charge is 0.411 e. The molecule has 128 valence electrons. The molecule has 1 atom stereocenters. The number of likely N-dealkylation sites (N-methyl/N-ethyl adjacent to an activating group) is 1. The summed E-state index contributed by atoms with van der Waals surface area (Å²) in [4.78, 5) is 25.2. The molecule has 0 fully saturated rings. The number of hydrogen-bond donors (Lipinski definition) is 0. The highest BCUT2D eigenvalue weighted by Gasteiger charge is 2.39. The number of halogens is 1. The number of aldehydes is 1. The standard InChI is InChI=1S/C17H24FNO4/c1-11-8-14(22-7)12(9-13(11)18)17(5,10-20)19(6)15(21)23-16(2,3)4/h8-10H,1-7H3. The van der Waals surface area contributed by atoms with Crippen molar-refractivity contribution >= 4 is 12.4 Å². The molecule has 1 unspecified atom stereocenters. The lowest BCUT2D eigenvalue weighted by molar-refractivity contribution is -0.117. The van der Waals surface area contributed by atoms with Crippen LogP contribution < -0.4 is 4.74 Å². The fraction of sp³-hybridized carbons (Fsp3) is 0.529. The summed E-state index contributed by atoms with van der Waals surface area (Å²) in [6.07, 6.45) is -0.112. The number of aryl methyl sites for hydroxylation is 1. The van der Waals surface area contributed by atoms with Crippen LogP contribution in [0.25, 0.3) is 0 Å². The van der Waals surface area contributed by atoms with Gasteiger partial charge in [-0.1, -0.05) is 0 Å². The first-order valence-corrected chi connectivity index (χ1v) is 7.24. The van der Waals surface area contributed by atoms with Gasteiger partial charge in [0, 0.05) is 12.6 Å². The minimum atomic E-state index is -1.43. The van der Waals surface area contributed by atoms with E-state index in [0.29, 0.717) is 17.6 Å². The van der Waals surface area contributed by atoms with E-state index in [0.717, 1.165) is 4.90 Å². The maximum atomic E-state index is 14.0. The molecule has 0 aliphatic carbocycles. The summed E-state index contributed by atoms with van der Waals surface area (Å²) in [5.74, 6) is -0.152. The van der Waals surface area contributed by atoms with Crippen molar-refractivity contribution in [1.29, 1.82) is 0 Å². The van der Waals surface area contributed by atoms with E-state index in [-0.39, 0.29) is 5.56 Å². The van der Waals surface area contributed by atoms with Crippen molar-refractivity contribution in [2.75, 3.05) is 14.2 Å². The Morgan fingerprint density at radius 1 is 1.26 bits per heavy atom. The summed E-state index contributed by atoms with van der Waals surface area (Å²) in [6.45, 7) is 8.28. The molecule has 5 nitrogen and oxygen atoms in total. The molecule has 0 heterocycles. The van der Waals surface area contributed by atoms with Gasteiger partial charge in [0.25, 0.3) is 0 Å². The first-order valence-electron chi connectivity index (χ1n) is 7.24. The van der Waals surface area contributed by atoms with Crippen LogP contribution in [0, 0.1) is 12.7 Å². The normalized spacial score (nSPS) is 13.9. The summed E-state index contributed by atoms with van der Waals surface area (Å²) < 4.78 is 24.5. The Labute approximate surface area is 136 Å². The van der Waals surface area contributed by atoms with Crippen LogP contribution in [0.3, 0.4) is 0 Å². The minimum Gasteiger partial charge on any atom is -0.496 e. The molecule has 0 N–H and O–H groups in total. The molecule has 0 saturated carbocycles. The third-order valence-corrected chi connectivity index (χ3v) is 3.62. The second kappa shape index (κ2) is 6.56. The summed E-state index contributed by atoms with van der Waals surface area (Å²) in [7, 11) is 2.86. The lowest BCUT2D eigenvalue weighted by Crippen LogP contribution is -2.48. The fourth-order valence-corrected chi connectivity index (χ4v) is 2.06. The monoisotopic (exact) mass is 325 g/mol. The van der Waals surface area contributed by atoms with Crippen LogP contribution >= 0.6 is 0 Å². The van der Waals surface area contributed by atoms with Gasteiger partial charge in [0.05, 0.1) is 7.11 Å². The number of amides is 1. The minimum absolute atomic E-state index is 0.256. The topological polar surface area (TPSA) is 55.8 Å². The Bertz CT molecular complexity index is 609. The van der Waals surface area contributed by atoms with Gasteiger partial charge in [-0.3, -0.25) is 4.90 Å². The average molecular weight is 325 g/mol. The zero-order valence-corrected chi connectivity index (χ0v) is 14.7. The van der Waals surface area contributed by atoms with Crippen LogP contribution in [0.4, 0.5) is 9.18 Å². The van der Waals surface area contributed by atoms with Crippen molar-refractivity contribution in [2.24, 2.45) is 0 Å². The molecular weight excluding hydrogens is 301 g/mol. The van der Waals surface area contributed by atoms with Crippen molar-refractivity contribution in [3.63, 3.8) is 0 Å². The second-order valence-corrected chi connectivity index (χ2v) is 6.61. The molecular formula is C17H24FNO4. The van der Waals surface area contributed by atoms with Crippen molar-refractivity contribution < 1.29 is 23.5 Å². The third kappa shape index (κ3) is 4.00. The van der Waals surface area contributed by atoms with Crippen LogP contribution in [0.5, 0.6) is 5.75 Å². The fourth-order valence-electron chi connectivity index (χ4n) is 2.06. The summed E-state index contributed by atoms with van der Waals surface area (Å²) in [6, 6.07) is 2.71. The van der Waals surface area contributed by atoms with Crippen LogP contribution in [0.2, 0.25) is 0 Å². The van der Waals surface area contributed by atoms with E-state index in [1.54, 1.807) is 27.7 Å². The number of methoxy groups -OCH3 is 1. The van der Waals surface area contributed by atoms with E-state index in [4.69, 9.17) is 9.47 Å². The summed E-state index contributed by atoms with van der Waals surface area (Å²) >= 11 is 0. The Kier molecular flexibility index (Phi) is 5.40. The molecule has 0 radical (unpaired) electrons. The van der Waals surface area contributed by atoms with Crippen LogP contribution in [-0.2, 0) is 15.1 Å². The molecule has 0 aliphatic rings. The van der Waals surface area contributed by atoms with Crippen molar-refractivity contribution in [2.45, 2.75) is 45.8 Å². The van der Waals surface area contributed by atoms with E-state index in [1.165, 1.54) is 33.2 Å². The molecule has 1 rings (SSSR count). The Morgan fingerprint density at radius 3 is 2.26 bits per heavy atom. The maximum absolute atomic E-state index is 14.0. The van der Waals surface area contributed by atoms with Crippen molar-refractivity contribution in [3.05, 3.63) is 29.1 Å². The first-order chi connectivity index (χ1) is 10.5. The first kappa shape index (κ1) is 18.9. The molecule has 1 amide bonds. The lowest BCUT2D eigenvalue weighted by atomic mass is 9.90. The highest BCUT2D eigenvalue weighted by molar-refractivity contribution is 5.79. The molecule has 6 heteroatoms. The molecule has 0 aromatic heterocycles. The van der Waals surface area contributed by atoms with Crippen molar-refractivity contribution in [1.82, 2.24) is 4.90 Å². The van der Waals surface area contributed by atoms with Gasteiger partial charge in [-0.15, -0.1) is 0 Å². The van der Waals surface area contributed by atoms with Gasteiger partial charge in [0.2, 0.25) is 0 Å². The van der Waals surface area contributed by atoms with Crippen LogP contribution in [-0.4, -0.2) is 37.0 Å².